The second-order valence-corrected chi connectivity index (χ2v) is 15.1. The Morgan fingerprint density at radius 2 is 1.62 bits per heavy atom. The summed E-state index contributed by atoms with van der Waals surface area (Å²) in [6.45, 7) is 2.22. The fourth-order valence-corrected chi connectivity index (χ4v) is 10.1. The molecule has 1 aromatic heterocycles. The molecule has 4 heteroatoms. The number of aliphatic imine (C=N–C) groups is 1. The molecular formula is C46H35IN2S. The van der Waals surface area contributed by atoms with E-state index in [9.17, 15) is 0 Å². The van der Waals surface area contributed by atoms with Gasteiger partial charge in [-0.3, -0.25) is 4.57 Å². The van der Waals surface area contributed by atoms with Crippen LogP contribution in [0.3, 0.4) is 0 Å². The van der Waals surface area contributed by atoms with Crippen LogP contribution in [0, 0.1) is 0 Å². The zero-order valence-corrected chi connectivity index (χ0v) is 30.8. The number of allylic oxidation sites excluding steroid dienone is 12. The average molecular weight is 775 g/mol. The van der Waals surface area contributed by atoms with Crippen LogP contribution < -0.4 is 0 Å². The van der Waals surface area contributed by atoms with E-state index in [1.165, 1.54) is 79.7 Å². The van der Waals surface area contributed by atoms with Crippen molar-refractivity contribution in [3.63, 3.8) is 0 Å². The number of fused-ring (bicyclic) bond motifs is 6. The minimum absolute atomic E-state index is 0.114. The number of thioether (sulfide) groups is 1. The summed E-state index contributed by atoms with van der Waals surface area (Å²) < 4.78 is 3.68. The fraction of sp³-hybridized carbons (Fsp3) is 0.109. The van der Waals surface area contributed by atoms with E-state index in [-0.39, 0.29) is 5.92 Å². The van der Waals surface area contributed by atoms with Crippen molar-refractivity contribution in [2.75, 3.05) is 0 Å². The van der Waals surface area contributed by atoms with Crippen molar-refractivity contribution in [1.29, 1.82) is 0 Å². The van der Waals surface area contributed by atoms with Crippen molar-refractivity contribution in [2.45, 2.75) is 32.1 Å². The van der Waals surface area contributed by atoms with E-state index in [1.54, 1.807) is 0 Å². The van der Waals surface area contributed by atoms with Gasteiger partial charge in [0.05, 0.1) is 16.7 Å². The molecule has 0 saturated carbocycles. The zero-order chi connectivity index (χ0) is 33.6. The number of benzene rings is 4. The molecule has 2 nitrogen and oxygen atoms in total. The summed E-state index contributed by atoms with van der Waals surface area (Å²) in [6, 6.07) is 33.3. The highest BCUT2D eigenvalue weighted by Gasteiger charge is 2.34. The molecule has 0 spiro atoms. The molecule has 1 atom stereocenters. The molecule has 9 rings (SSSR count). The van der Waals surface area contributed by atoms with E-state index in [0.717, 1.165) is 25.0 Å². The monoisotopic (exact) mass is 774 g/mol. The minimum Gasteiger partial charge on any atom is -0.299 e. The first kappa shape index (κ1) is 31.3. The van der Waals surface area contributed by atoms with Crippen LogP contribution in [0.4, 0.5) is 0 Å². The third-order valence-corrected chi connectivity index (χ3v) is 12.5. The maximum absolute atomic E-state index is 5.46. The Morgan fingerprint density at radius 1 is 0.820 bits per heavy atom. The standard InChI is InChI=1S/C46H35IN2S/c1-2-3-18-38-42(33-21-11-10-19-31(33)30-16-6-4-7-17-30)37-28-27-34-32-20-12-14-24-39(32)49(46(34)43(37)44(38)47)29-48-45-35-22-8-5-9-25-40(35)50-41-26-15-13-23-36(41)45/h3-21,24-29,42H,2,22-23H2,1H3/b18-3-,48-29+. The van der Waals surface area contributed by atoms with Crippen LogP contribution in [0.25, 0.3) is 36.5 Å². The summed E-state index contributed by atoms with van der Waals surface area (Å²) in [5, 5.41) is 2.51. The van der Waals surface area contributed by atoms with Crippen LogP contribution in [0.1, 0.15) is 48.8 Å². The lowest BCUT2D eigenvalue weighted by Crippen LogP contribution is -2.06. The summed E-state index contributed by atoms with van der Waals surface area (Å²) >= 11 is 4.51. The number of nitrogens with zero attached hydrogens (tertiary/aromatic N) is 2. The summed E-state index contributed by atoms with van der Waals surface area (Å²) in [5.41, 5.74) is 14.0. The molecule has 1 unspecified atom stereocenters. The van der Waals surface area contributed by atoms with Gasteiger partial charge >= 0.3 is 0 Å². The highest BCUT2D eigenvalue weighted by Crippen LogP contribution is 2.54. The van der Waals surface area contributed by atoms with Crippen molar-refractivity contribution in [3.8, 4) is 11.1 Å². The van der Waals surface area contributed by atoms with E-state index in [4.69, 9.17) is 4.99 Å². The normalized spacial score (nSPS) is 18.5. The van der Waals surface area contributed by atoms with Crippen LogP contribution in [0.15, 0.2) is 183 Å². The zero-order valence-electron chi connectivity index (χ0n) is 27.8. The van der Waals surface area contributed by atoms with Gasteiger partial charge in [0, 0.05) is 35.6 Å². The maximum atomic E-state index is 5.46. The Morgan fingerprint density at radius 3 is 2.52 bits per heavy atom. The van der Waals surface area contributed by atoms with Crippen molar-refractivity contribution in [3.05, 3.63) is 195 Å². The van der Waals surface area contributed by atoms with Crippen LogP contribution in [-0.2, 0) is 0 Å². The molecular weight excluding hydrogens is 739 g/mol. The first-order valence-corrected chi connectivity index (χ1v) is 19.3. The summed E-state index contributed by atoms with van der Waals surface area (Å²) in [4.78, 5) is 8.05. The van der Waals surface area contributed by atoms with Gasteiger partial charge in [0.2, 0.25) is 0 Å². The first-order valence-electron chi connectivity index (χ1n) is 17.4. The van der Waals surface area contributed by atoms with Gasteiger partial charge in [-0.05, 0) is 99.0 Å². The molecule has 0 radical (unpaired) electrons. The SMILES string of the molecule is CC/C=C\C1=C(I)c2c(ccc3c4ccccc4n(/C=N/C4=C5CC=CC=C5SC5=C4CC=CC=C5)c23)C1c1ccccc1-c1ccccc1. The van der Waals surface area contributed by atoms with E-state index in [1.807, 2.05) is 11.8 Å². The Hall–Kier alpha value is -4.65. The van der Waals surface area contributed by atoms with Gasteiger partial charge in [-0.15, -0.1) is 0 Å². The molecule has 0 fully saturated rings. The molecule has 0 saturated heterocycles. The summed E-state index contributed by atoms with van der Waals surface area (Å²) in [5.74, 6) is 0.114. The van der Waals surface area contributed by atoms with Crippen molar-refractivity contribution >= 4 is 66.1 Å². The molecule has 50 heavy (non-hydrogen) atoms. The van der Waals surface area contributed by atoms with Crippen molar-refractivity contribution in [2.24, 2.45) is 4.99 Å². The lowest BCUT2D eigenvalue weighted by atomic mass is 9.83. The third kappa shape index (κ3) is 5.19. The fourth-order valence-electron chi connectivity index (χ4n) is 7.86. The van der Waals surface area contributed by atoms with Crippen LogP contribution in [0.2, 0.25) is 0 Å². The molecule has 1 aliphatic heterocycles. The quantitative estimate of drug-likeness (QED) is 0.0954. The predicted molar refractivity (Wildman–Crippen MR) is 224 cm³/mol. The molecule has 4 aromatic carbocycles. The second-order valence-electron chi connectivity index (χ2n) is 13.0. The highest BCUT2D eigenvalue weighted by atomic mass is 127. The smallest absolute Gasteiger partial charge is 0.100 e. The Kier molecular flexibility index (Phi) is 8.30. The van der Waals surface area contributed by atoms with E-state index >= 15 is 0 Å². The maximum Gasteiger partial charge on any atom is 0.100 e. The second kappa shape index (κ2) is 13.2. The van der Waals surface area contributed by atoms with E-state index in [0.29, 0.717) is 0 Å². The van der Waals surface area contributed by atoms with Gasteiger partial charge in [0.15, 0.2) is 0 Å². The summed E-state index contributed by atoms with van der Waals surface area (Å²) in [7, 11) is 0. The van der Waals surface area contributed by atoms with Gasteiger partial charge in [0.25, 0.3) is 0 Å². The van der Waals surface area contributed by atoms with Gasteiger partial charge in [0.1, 0.15) is 6.34 Å². The Bertz CT molecular complexity index is 2490. The molecule has 4 aliphatic rings. The van der Waals surface area contributed by atoms with E-state index < -0.39 is 0 Å². The molecule has 0 amide bonds. The topological polar surface area (TPSA) is 17.3 Å². The molecule has 0 bridgehead atoms. The van der Waals surface area contributed by atoms with Crippen LogP contribution in [-0.4, -0.2) is 10.9 Å². The molecule has 2 heterocycles. The van der Waals surface area contributed by atoms with Crippen molar-refractivity contribution in [1.82, 2.24) is 4.57 Å². The third-order valence-electron chi connectivity index (χ3n) is 10.1. The first-order chi connectivity index (χ1) is 24.7. The molecule has 5 aromatic rings. The largest absolute Gasteiger partial charge is 0.299 e. The molecule has 3 aliphatic carbocycles. The number of para-hydroxylation sites is 1. The van der Waals surface area contributed by atoms with Gasteiger partial charge < -0.3 is 0 Å². The number of hydrogen-bond acceptors (Lipinski definition) is 2. The Labute approximate surface area is 311 Å². The lowest BCUT2D eigenvalue weighted by Gasteiger charge is -2.25. The number of halogens is 1. The van der Waals surface area contributed by atoms with Gasteiger partial charge in [-0.25, -0.2) is 4.99 Å². The Balaban J connectivity index is 1.29. The lowest BCUT2D eigenvalue weighted by molar-refractivity contribution is 1.01. The highest BCUT2D eigenvalue weighted by molar-refractivity contribution is 14.1. The van der Waals surface area contributed by atoms with Crippen molar-refractivity contribution < 1.29 is 0 Å². The minimum atomic E-state index is 0.114. The number of rotatable bonds is 6. The van der Waals surface area contributed by atoms with Crippen LogP contribution >= 0.6 is 34.4 Å². The predicted octanol–water partition coefficient (Wildman–Crippen LogP) is 13.2. The number of hydrogen-bond donors (Lipinski definition) is 0. The van der Waals surface area contributed by atoms with Gasteiger partial charge in [-0.1, -0.05) is 146 Å². The van der Waals surface area contributed by atoms with Crippen LogP contribution in [0.5, 0.6) is 0 Å². The van der Waals surface area contributed by atoms with E-state index in [2.05, 4.69) is 186 Å². The number of aromatic nitrogens is 1. The molecule has 242 valence electrons. The summed E-state index contributed by atoms with van der Waals surface area (Å²) in [6.07, 6.45) is 25.0. The molecule has 0 N–H and O–H groups in total. The van der Waals surface area contributed by atoms with Gasteiger partial charge in [-0.2, -0.15) is 0 Å². The average Bonchev–Trinajstić information content (AvgIpc) is 3.50.